The van der Waals surface area contributed by atoms with E-state index in [1.165, 1.54) is 19.5 Å². The molecule has 1 heterocycles. The lowest BCUT2D eigenvalue weighted by atomic mass is 9.95. The highest BCUT2D eigenvalue weighted by Gasteiger charge is 2.39. The maximum Gasteiger partial charge on any atom is 0.335 e. The zero-order valence-corrected chi connectivity index (χ0v) is 12.1. The number of rotatable bonds is 5. The number of carbonyl (C=O) groups is 1. The second-order valence-corrected chi connectivity index (χ2v) is 4.75. The Labute approximate surface area is 122 Å². The molecule has 0 aliphatic heterocycles. The smallest absolute Gasteiger partial charge is 0.335 e. The number of aromatic nitrogens is 2. The van der Waals surface area contributed by atoms with Crippen LogP contribution in [-0.4, -0.2) is 28.2 Å². The van der Waals surface area contributed by atoms with Crippen LogP contribution in [0.15, 0.2) is 36.7 Å². The van der Waals surface area contributed by atoms with Gasteiger partial charge in [-0.3, -0.25) is 9.97 Å². The number of benzene rings is 1. The summed E-state index contributed by atoms with van der Waals surface area (Å²) in [5.74, 6) is -0.483. The predicted octanol–water partition coefficient (Wildman–Crippen LogP) is 2.21. The molecule has 0 aliphatic rings. The fourth-order valence-corrected chi connectivity index (χ4v) is 2.13. The number of aryl methyl sites for hydroxylation is 1. The minimum atomic E-state index is -1.41. The molecule has 0 saturated carbocycles. The van der Waals surface area contributed by atoms with Crippen molar-refractivity contribution in [1.29, 1.82) is 0 Å². The molecule has 1 atom stereocenters. The molecule has 2 aromatic rings. The molecule has 0 radical (unpaired) electrons. The summed E-state index contributed by atoms with van der Waals surface area (Å²) in [7, 11) is 1.53. The number of para-hydroxylation sites is 2. The third-order valence-corrected chi connectivity index (χ3v) is 3.27. The number of methoxy groups -OCH3 is 1. The van der Waals surface area contributed by atoms with Crippen molar-refractivity contribution >= 4 is 11.7 Å². The lowest BCUT2D eigenvalue weighted by Gasteiger charge is -2.28. The number of carboxylic acids is 1. The fourth-order valence-electron chi connectivity index (χ4n) is 2.13. The first-order valence-electron chi connectivity index (χ1n) is 6.41. The van der Waals surface area contributed by atoms with E-state index in [2.05, 4.69) is 15.3 Å². The highest BCUT2D eigenvalue weighted by molar-refractivity contribution is 5.84. The summed E-state index contributed by atoms with van der Waals surface area (Å²) in [5, 5.41) is 12.7. The first-order chi connectivity index (χ1) is 9.99. The van der Waals surface area contributed by atoms with Crippen molar-refractivity contribution in [2.75, 3.05) is 12.4 Å². The summed E-state index contributed by atoms with van der Waals surface area (Å²) < 4.78 is 5.25. The van der Waals surface area contributed by atoms with Gasteiger partial charge in [-0.15, -0.1) is 0 Å². The van der Waals surface area contributed by atoms with Gasteiger partial charge in [-0.2, -0.15) is 0 Å². The molecule has 1 unspecified atom stereocenters. The van der Waals surface area contributed by atoms with Gasteiger partial charge in [-0.1, -0.05) is 12.1 Å². The van der Waals surface area contributed by atoms with E-state index < -0.39 is 11.5 Å². The molecule has 0 aliphatic carbocycles. The molecular weight excluding hydrogens is 270 g/mol. The zero-order chi connectivity index (χ0) is 15.5. The van der Waals surface area contributed by atoms with Crippen LogP contribution >= 0.6 is 0 Å². The molecule has 0 bridgehead atoms. The van der Waals surface area contributed by atoms with Gasteiger partial charge in [0.1, 0.15) is 5.75 Å². The monoisotopic (exact) mass is 287 g/mol. The number of nitrogens with one attached hydrogen (secondary N) is 1. The van der Waals surface area contributed by atoms with Crippen LogP contribution in [0.3, 0.4) is 0 Å². The number of hydrogen-bond acceptors (Lipinski definition) is 5. The maximum absolute atomic E-state index is 11.8. The van der Waals surface area contributed by atoms with Crippen molar-refractivity contribution in [3.8, 4) is 5.75 Å². The number of hydrogen-bond donors (Lipinski definition) is 2. The lowest BCUT2D eigenvalue weighted by Crippen LogP contribution is -2.42. The lowest BCUT2D eigenvalue weighted by molar-refractivity contribution is -0.142. The predicted molar refractivity (Wildman–Crippen MR) is 78.4 cm³/mol. The van der Waals surface area contributed by atoms with E-state index in [1.54, 1.807) is 32.0 Å². The molecule has 1 aromatic heterocycles. The van der Waals surface area contributed by atoms with Gasteiger partial charge in [0.05, 0.1) is 24.2 Å². The molecule has 0 amide bonds. The quantitative estimate of drug-likeness (QED) is 0.877. The Morgan fingerprint density at radius 3 is 2.57 bits per heavy atom. The second-order valence-electron chi connectivity index (χ2n) is 4.75. The number of carboxylic acid groups (broad SMARTS) is 1. The van der Waals surface area contributed by atoms with Crippen LogP contribution in [-0.2, 0) is 10.3 Å². The van der Waals surface area contributed by atoms with Crippen molar-refractivity contribution in [3.63, 3.8) is 0 Å². The first-order valence-corrected chi connectivity index (χ1v) is 6.41. The summed E-state index contributed by atoms with van der Waals surface area (Å²) in [5.41, 5.74) is 0.0932. The largest absolute Gasteiger partial charge is 0.495 e. The van der Waals surface area contributed by atoms with Gasteiger partial charge in [0.15, 0.2) is 5.54 Å². The van der Waals surface area contributed by atoms with Gasteiger partial charge in [0, 0.05) is 12.4 Å². The molecule has 6 nitrogen and oxygen atoms in total. The Morgan fingerprint density at radius 2 is 1.95 bits per heavy atom. The Bertz CT molecular complexity index is 660. The topological polar surface area (TPSA) is 84.3 Å². The Kier molecular flexibility index (Phi) is 4.07. The third-order valence-electron chi connectivity index (χ3n) is 3.27. The molecule has 0 spiro atoms. The van der Waals surface area contributed by atoms with Crippen molar-refractivity contribution < 1.29 is 14.6 Å². The van der Waals surface area contributed by atoms with E-state index in [0.29, 0.717) is 22.8 Å². The van der Waals surface area contributed by atoms with Gasteiger partial charge in [-0.25, -0.2) is 4.79 Å². The Morgan fingerprint density at radius 1 is 1.29 bits per heavy atom. The summed E-state index contributed by atoms with van der Waals surface area (Å²) in [4.78, 5) is 20.1. The summed E-state index contributed by atoms with van der Waals surface area (Å²) in [6.45, 7) is 3.28. The Hall–Kier alpha value is -2.63. The fraction of sp³-hybridized carbons (Fsp3) is 0.267. The number of anilines is 1. The summed E-state index contributed by atoms with van der Waals surface area (Å²) >= 11 is 0. The molecule has 1 aromatic carbocycles. The van der Waals surface area contributed by atoms with Crippen LogP contribution in [0, 0.1) is 6.92 Å². The average Bonchev–Trinajstić information content (AvgIpc) is 2.48. The number of nitrogens with zero attached hydrogens (tertiary/aromatic N) is 2. The molecule has 0 fully saturated rings. The van der Waals surface area contributed by atoms with Gasteiger partial charge in [0.25, 0.3) is 0 Å². The summed E-state index contributed by atoms with van der Waals surface area (Å²) in [6, 6.07) is 7.13. The van der Waals surface area contributed by atoms with Gasteiger partial charge in [-0.05, 0) is 26.0 Å². The first kappa shape index (κ1) is 14.8. The Balaban J connectivity index is 2.49. The zero-order valence-electron chi connectivity index (χ0n) is 12.1. The standard InChI is InChI=1S/C15H17N3O3/c1-10-13(17-9-8-16-10)15(2,14(19)20)18-11-6-4-5-7-12(11)21-3/h4-9,18H,1-3H3,(H,19,20). The van der Waals surface area contributed by atoms with Crippen molar-refractivity contribution in [2.45, 2.75) is 19.4 Å². The SMILES string of the molecule is COc1ccccc1NC(C)(C(=O)O)c1nccnc1C. The van der Waals surface area contributed by atoms with Gasteiger partial charge in [0.2, 0.25) is 0 Å². The molecule has 0 saturated heterocycles. The van der Waals surface area contributed by atoms with E-state index in [-0.39, 0.29) is 0 Å². The average molecular weight is 287 g/mol. The molecule has 2 rings (SSSR count). The van der Waals surface area contributed by atoms with E-state index in [0.717, 1.165) is 0 Å². The number of aliphatic carboxylic acids is 1. The van der Waals surface area contributed by atoms with Crippen LogP contribution in [0.25, 0.3) is 0 Å². The minimum Gasteiger partial charge on any atom is -0.495 e. The molecule has 21 heavy (non-hydrogen) atoms. The van der Waals surface area contributed by atoms with Crippen LogP contribution in [0.5, 0.6) is 5.75 Å². The van der Waals surface area contributed by atoms with Gasteiger partial charge >= 0.3 is 5.97 Å². The van der Waals surface area contributed by atoms with Gasteiger partial charge < -0.3 is 15.2 Å². The van der Waals surface area contributed by atoms with E-state index in [1.807, 2.05) is 6.07 Å². The van der Waals surface area contributed by atoms with Crippen molar-refractivity contribution in [1.82, 2.24) is 9.97 Å². The highest BCUT2D eigenvalue weighted by Crippen LogP contribution is 2.31. The van der Waals surface area contributed by atoms with Crippen LogP contribution in [0.2, 0.25) is 0 Å². The van der Waals surface area contributed by atoms with Crippen LogP contribution in [0.1, 0.15) is 18.3 Å². The van der Waals surface area contributed by atoms with Crippen molar-refractivity contribution in [3.05, 3.63) is 48.0 Å². The van der Waals surface area contributed by atoms with E-state index in [9.17, 15) is 9.90 Å². The van der Waals surface area contributed by atoms with Crippen molar-refractivity contribution in [2.24, 2.45) is 0 Å². The molecule has 110 valence electrons. The summed E-state index contributed by atoms with van der Waals surface area (Å²) in [6.07, 6.45) is 3.01. The second kappa shape index (κ2) is 5.78. The van der Waals surface area contributed by atoms with Crippen LogP contribution < -0.4 is 10.1 Å². The maximum atomic E-state index is 11.8. The number of ether oxygens (including phenoxy) is 1. The third kappa shape index (κ3) is 2.79. The molecular formula is C15H17N3O3. The van der Waals surface area contributed by atoms with Crippen LogP contribution in [0.4, 0.5) is 5.69 Å². The van der Waals surface area contributed by atoms with E-state index >= 15 is 0 Å². The molecule has 6 heteroatoms. The highest BCUT2D eigenvalue weighted by atomic mass is 16.5. The normalized spacial score (nSPS) is 13.3. The minimum absolute atomic E-state index is 0.364. The molecule has 2 N–H and O–H groups in total. The van der Waals surface area contributed by atoms with E-state index in [4.69, 9.17) is 4.74 Å².